The first kappa shape index (κ1) is 16.4. The first-order valence-electron chi connectivity index (χ1n) is 8.15. The quantitative estimate of drug-likeness (QED) is 0.748. The van der Waals surface area contributed by atoms with E-state index in [0.29, 0.717) is 5.41 Å². The van der Waals surface area contributed by atoms with Gasteiger partial charge in [0.1, 0.15) is 5.75 Å². The van der Waals surface area contributed by atoms with E-state index in [1.165, 1.54) is 12.0 Å². The van der Waals surface area contributed by atoms with Gasteiger partial charge in [-0.2, -0.15) is 0 Å². The van der Waals surface area contributed by atoms with Crippen LogP contribution in [0.1, 0.15) is 65.9 Å². The van der Waals surface area contributed by atoms with Crippen molar-refractivity contribution < 1.29 is 9.47 Å². The molecule has 1 aromatic carbocycles. The lowest BCUT2D eigenvalue weighted by Crippen LogP contribution is -2.26. The van der Waals surface area contributed by atoms with Crippen molar-refractivity contribution in [3.05, 3.63) is 29.8 Å². The highest BCUT2D eigenvalue weighted by molar-refractivity contribution is 5.31. The predicted octanol–water partition coefficient (Wildman–Crippen LogP) is 5.31. The Kier molecular flexibility index (Phi) is 4.98. The van der Waals surface area contributed by atoms with Crippen LogP contribution in [-0.2, 0) is 10.2 Å². The average Bonchev–Trinajstić information content (AvgIpc) is 2.38. The smallest absolute Gasteiger partial charge is 0.199 e. The van der Waals surface area contributed by atoms with Crippen molar-refractivity contribution in [1.82, 2.24) is 0 Å². The Morgan fingerprint density at radius 1 is 1.05 bits per heavy atom. The van der Waals surface area contributed by atoms with Gasteiger partial charge in [-0.15, -0.1) is 0 Å². The molecule has 21 heavy (non-hydrogen) atoms. The Morgan fingerprint density at radius 3 is 2.24 bits per heavy atom. The third kappa shape index (κ3) is 5.03. The highest BCUT2D eigenvalue weighted by Gasteiger charge is 2.27. The largest absolute Gasteiger partial charge is 0.465 e. The molecule has 1 aromatic rings. The maximum absolute atomic E-state index is 5.90. The molecule has 0 bridgehead atoms. The fourth-order valence-electron chi connectivity index (χ4n) is 3.37. The molecule has 0 N–H and O–H groups in total. The number of ether oxygens (including phenoxy) is 2. The molecule has 1 fully saturated rings. The maximum atomic E-state index is 5.90. The molecule has 2 nitrogen and oxygen atoms in total. The number of hydrogen-bond donors (Lipinski definition) is 0. The van der Waals surface area contributed by atoms with E-state index >= 15 is 0 Å². The second-order valence-electron chi connectivity index (χ2n) is 8.06. The van der Waals surface area contributed by atoms with E-state index in [0.717, 1.165) is 31.6 Å². The van der Waals surface area contributed by atoms with Gasteiger partial charge >= 0.3 is 0 Å². The van der Waals surface area contributed by atoms with E-state index in [4.69, 9.17) is 9.47 Å². The molecule has 0 spiro atoms. The van der Waals surface area contributed by atoms with Crippen LogP contribution in [0.15, 0.2) is 24.3 Å². The summed E-state index contributed by atoms with van der Waals surface area (Å²) in [4.78, 5) is 0. The minimum Gasteiger partial charge on any atom is -0.465 e. The van der Waals surface area contributed by atoms with Gasteiger partial charge in [0.2, 0.25) is 0 Å². The van der Waals surface area contributed by atoms with Crippen molar-refractivity contribution >= 4 is 0 Å². The first-order chi connectivity index (χ1) is 9.76. The van der Waals surface area contributed by atoms with Crippen molar-refractivity contribution in [1.29, 1.82) is 0 Å². The van der Waals surface area contributed by atoms with Crippen LogP contribution in [0.4, 0.5) is 0 Å². The summed E-state index contributed by atoms with van der Waals surface area (Å²) in [5.41, 5.74) is 1.88. The van der Waals surface area contributed by atoms with Crippen LogP contribution in [0.5, 0.6) is 5.75 Å². The molecule has 1 aliphatic heterocycles. The topological polar surface area (TPSA) is 18.5 Å². The third-order valence-electron chi connectivity index (χ3n) is 4.01. The minimum absolute atomic E-state index is 0.0628. The van der Waals surface area contributed by atoms with Crippen molar-refractivity contribution in [3.63, 3.8) is 0 Å². The summed E-state index contributed by atoms with van der Waals surface area (Å²) in [6, 6.07) is 8.56. The molecule has 0 amide bonds. The predicted molar refractivity (Wildman–Crippen MR) is 87.8 cm³/mol. The van der Waals surface area contributed by atoms with Crippen LogP contribution in [-0.4, -0.2) is 12.9 Å². The lowest BCUT2D eigenvalue weighted by Gasteiger charge is -2.33. The molecule has 1 saturated heterocycles. The Bertz CT molecular complexity index is 434. The van der Waals surface area contributed by atoms with Crippen LogP contribution in [0.25, 0.3) is 0 Å². The Labute approximate surface area is 129 Å². The van der Waals surface area contributed by atoms with Crippen molar-refractivity contribution in [2.75, 3.05) is 6.61 Å². The van der Waals surface area contributed by atoms with Gasteiger partial charge in [0.25, 0.3) is 0 Å². The standard InChI is InChI=1S/C19H30O2/c1-18(2,3)14-19(4,5)15-9-11-16(12-10-15)21-17-8-6-7-13-20-17/h9-12,17H,6-8,13-14H2,1-5H3. The molecule has 0 radical (unpaired) electrons. The number of hydrogen-bond acceptors (Lipinski definition) is 2. The van der Waals surface area contributed by atoms with Gasteiger partial charge in [0.05, 0.1) is 6.61 Å². The van der Waals surface area contributed by atoms with Gasteiger partial charge in [0.15, 0.2) is 6.29 Å². The van der Waals surface area contributed by atoms with Crippen molar-refractivity contribution in [3.8, 4) is 5.75 Å². The maximum Gasteiger partial charge on any atom is 0.199 e. The zero-order valence-corrected chi connectivity index (χ0v) is 14.2. The number of benzene rings is 1. The molecular weight excluding hydrogens is 260 g/mol. The molecule has 1 atom stereocenters. The first-order valence-corrected chi connectivity index (χ1v) is 8.15. The highest BCUT2D eigenvalue weighted by atomic mass is 16.7. The van der Waals surface area contributed by atoms with Crippen LogP contribution >= 0.6 is 0 Å². The molecule has 1 heterocycles. The van der Waals surface area contributed by atoms with Crippen molar-refractivity contribution in [2.45, 2.75) is 72.0 Å². The van der Waals surface area contributed by atoms with E-state index in [-0.39, 0.29) is 11.7 Å². The Hall–Kier alpha value is -1.02. The average molecular weight is 290 g/mol. The SMILES string of the molecule is CC(C)(C)CC(C)(C)c1ccc(OC2CCCCO2)cc1. The summed E-state index contributed by atoms with van der Waals surface area (Å²) < 4.78 is 11.5. The Morgan fingerprint density at radius 2 is 1.71 bits per heavy atom. The van der Waals surface area contributed by atoms with E-state index in [1.54, 1.807) is 0 Å². The number of rotatable bonds is 4. The highest BCUT2D eigenvalue weighted by Crippen LogP contribution is 2.36. The van der Waals surface area contributed by atoms with Gasteiger partial charge in [-0.05, 0) is 47.8 Å². The molecule has 1 unspecified atom stereocenters. The summed E-state index contributed by atoms with van der Waals surface area (Å²) in [6.07, 6.45) is 4.44. The molecule has 118 valence electrons. The summed E-state index contributed by atoms with van der Waals surface area (Å²) in [5.74, 6) is 0.914. The van der Waals surface area contributed by atoms with Crippen LogP contribution in [0, 0.1) is 5.41 Å². The van der Waals surface area contributed by atoms with Crippen LogP contribution in [0.2, 0.25) is 0 Å². The second-order valence-corrected chi connectivity index (χ2v) is 8.06. The normalized spacial score (nSPS) is 20.3. The van der Waals surface area contributed by atoms with Gasteiger partial charge in [-0.1, -0.05) is 46.8 Å². The van der Waals surface area contributed by atoms with Crippen LogP contribution < -0.4 is 4.74 Å². The van der Waals surface area contributed by atoms with Crippen LogP contribution in [0.3, 0.4) is 0 Å². The van der Waals surface area contributed by atoms with Gasteiger partial charge < -0.3 is 9.47 Å². The molecular formula is C19H30O2. The fourth-order valence-corrected chi connectivity index (χ4v) is 3.37. The van der Waals surface area contributed by atoms with E-state index in [2.05, 4.69) is 58.9 Å². The molecule has 0 aliphatic carbocycles. The summed E-state index contributed by atoms with van der Waals surface area (Å²) in [7, 11) is 0. The van der Waals surface area contributed by atoms with E-state index in [9.17, 15) is 0 Å². The lowest BCUT2D eigenvalue weighted by atomic mass is 9.72. The minimum atomic E-state index is -0.0628. The Balaban J connectivity index is 2.00. The molecule has 2 rings (SSSR count). The molecule has 1 aliphatic rings. The van der Waals surface area contributed by atoms with Crippen molar-refractivity contribution in [2.24, 2.45) is 5.41 Å². The molecule has 0 aromatic heterocycles. The summed E-state index contributed by atoms with van der Waals surface area (Å²) in [6.45, 7) is 12.4. The zero-order valence-electron chi connectivity index (χ0n) is 14.2. The second kappa shape index (κ2) is 6.39. The van der Waals surface area contributed by atoms with Gasteiger partial charge in [-0.25, -0.2) is 0 Å². The fraction of sp³-hybridized carbons (Fsp3) is 0.684. The lowest BCUT2D eigenvalue weighted by molar-refractivity contribution is -0.105. The monoisotopic (exact) mass is 290 g/mol. The van der Waals surface area contributed by atoms with Gasteiger partial charge in [-0.3, -0.25) is 0 Å². The summed E-state index contributed by atoms with van der Waals surface area (Å²) >= 11 is 0. The van der Waals surface area contributed by atoms with E-state index < -0.39 is 0 Å². The molecule has 2 heteroatoms. The summed E-state index contributed by atoms with van der Waals surface area (Å²) in [5, 5.41) is 0. The van der Waals surface area contributed by atoms with Gasteiger partial charge in [0, 0.05) is 6.42 Å². The molecule has 0 saturated carbocycles. The van der Waals surface area contributed by atoms with E-state index in [1.807, 2.05) is 0 Å². The zero-order chi connectivity index (χ0) is 15.5. The third-order valence-corrected chi connectivity index (χ3v) is 4.01.